The van der Waals surface area contributed by atoms with Crippen molar-refractivity contribution in [1.29, 1.82) is 0 Å². The van der Waals surface area contributed by atoms with Crippen LogP contribution in [0.2, 0.25) is 5.32 Å². The molecule has 0 aliphatic rings. The van der Waals surface area contributed by atoms with Crippen molar-refractivity contribution in [3.05, 3.63) is 0 Å². The third-order valence-corrected chi connectivity index (χ3v) is 0.898. The van der Waals surface area contributed by atoms with Gasteiger partial charge in [0.15, 0.2) is 0 Å². The summed E-state index contributed by atoms with van der Waals surface area (Å²) in [5.41, 5.74) is 0. The Morgan fingerprint density at radius 2 is 2.50 bits per heavy atom. The van der Waals surface area contributed by atoms with Gasteiger partial charge in [0.25, 0.3) is 0 Å². The molecule has 2 nitrogen and oxygen atoms in total. The molecule has 0 fully saturated rings. The Morgan fingerprint density at radius 1 is 2.00 bits per heavy atom. The quantitative estimate of drug-likeness (QED) is 0.374. The van der Waals surface area contributed by atoms with Crippen LogP contribution in [0.15, 0.2) is 0 Å². The fourth-order valence-corrected chi connectivity index (χ4v) is 0.335. The van der Waals surface area contributed by atoms with Crippen LogP contribution in [0.3, 0.4) is 0 Å². The number of rotatable bonds is 1. The van der Waals surface area contributed by atoms with Gasteiger partial charge < -0.3 is 0 Å². The molecule has 0 aliphatic heterocycles. The van der Waals surface area contributed by atoms with Gasteiger partial charge in [-0.2, -0.15) is 0 Å². The molecular weight excluding hydrogens is 147 g/mol. The fourth-order valence-electron chi connectivity index (χ4n) is 0.0645. The Kier molecular flexibility index (Phi) is 3.18. The van der Waals surface area contributed by atoms with Crippen LogP contribution in [0.5, 0.6) is 0 Å². The van der Waals surface area contributed by atoms with Gasteiger partial charge in [-0.1, -0.05) is 0 Å². The third kappa shape index (κ3) is 2.24. The summed E-state index contributed by atoms with van der Waals surface area (Å²) in [7, 11) is 1.37. The molecule has 0 saturated heterocycles. The number of hydrogen-bond donors (Lipinski definition) is 0. The summed E-state index contributed by atoms with van der Waals surface area (Å²) in [5.74, 6) is -0.185. The molecule has 0 aromatic carbocycles. The zero-order chi connectivity index (χ0) is 4.99. The molecule has 0 bridgehead atoms. The molecule has 0 saturated carbocycles. The van der Waals surface area contributed by atoms with Gasteiger partial charge in [0.2, 0.25) is 0 Å². The molecule has 0 rings (SSSR count). The number of ether oxygens (including phenoxy) is 1. The van der Waals surface area contributed by atoms with E-state index in [2.05, 4.69) is 20.7 Å². The number of carbonyl (C=O) groups excluding carboxylic acids is 1. The first-order chi connectivity index (χ1) is 2.81. The van der Waals surface area contributed by atoms with Gasteiger partial charge in [0, 0.05) is 0 Å². The summed E-state index contributed by atoms with van der Waals surface area (Å²) in [6.07, 6.45) is 0. The third-order valence-electron chi connectivity index (χ3n) is 0.357. The van der Waals surface area contributed by atoms with E-state index in [4.69, 9.17) is 0 Å². The van der Waals surface area contributed by atoms with Crippen LogP contribution in [-0.2, 0) is 9.53 Å². The van der Waals surface area contributed by atoms with E-state index in [0.717, 1.165) is 0 Å². The van der Waals surface area contributed by atoms with Crippen molar-refractivity contribution in [2.75, 3.05) is 7.11 Å². The Hall–Kier alpha value is -0.0105. The SMILES string of the molecule is COC(=O)C[SeH]. The molecule has 0 radical (unpaired) electrons. The molecule has 3 heteroatoms. The van der Waals surface area contributed by atoms with Gasteiger partial charge in [-0.15, -0.1) is 0 Å². The molecule has 0 N–H and O–H groups in total. The standard InChI is InChI=1S/C3H6O2Se/c1-5-3(4)2-6/h6H,2H2,1H3. The van der Waals surface area contributed by atoms with Crippen LogP contribution < -0.4 is 0 Å². The van der Waals surface area contributed by atoms with Crippen molar-refractivity contribution in [2.45, 2.75) is 5.32 Å². The van der Waals surface area contributed by atoms with Crippen molar-refractivity contribution >= 4 is 22.0 Å². The fraction of sp³-hybridized carbons (Fsp3) is 0.667. The van der Waals surface area contributed by atoms with Crippen LogP contribution in [0.1, 0.15) is 0 Å². The second kappa shape index (κ2) is 3.19. The number of methoxy groups -OCH3 is 1. The first-order valence-electron chi connectivity index (χ1n) is 1.49. The van der Waals surface area contributed by atoms with Crippen molar-refractivity contribution in [2.24, 2.45) is 0 Å². The van der Waals surface area contributed by atoms with Gasteiger partial charge in [0.1, 0.15) is 0 Å². The molecule has 0 aliphatic carbocycles. The zero-order valence-electron chi connectivity index (χ0n) is 3.47. The van der Waals surface area contributed by atoms with Crippen molar-refractivity contribution in [3.8, 4) is 0 Å². The van der Waals surface area contributed by atoms with Gasteiger partial charge in [-0.25, -0.2) is 0 Å². The maximum atomic E-state index is 9.94. The van der Waals surface area contributed by atoms with E-state index in [-0.39, 0.29) is 5.97 Å². The van der Waals surface area contributed by atoms with E-state index in [1.807, 2.05) is 0 Å². The van der Waals surface area contributed by atoms with E-state index in [1.54, 1.807) is 0 Å². The number of carbonyl (C=O) groups is 1. The molecule has 36 valence electrons. The summed E-state index contributed by atoms with van der Waals surface area (Å²) in [4.78, 5) is 9.94. The Morgan fingerprint density at radius 3 is 2.50 bits per heavy atom. The predicted molar refractivity (Wildman–Crippen MR) is 24.0 cm³/mol. The molecule has 0 aromatic heterocycles. The van der Waals surface area contributed by atoms with E-state index < -0.39 is 0 Å². The maximum absolute atomic E-state index is 9.94. The van der Waals surface area contributed by atoms with Crippen molar-refractivity contribution in [1.82, 2.24) is 0 Å². The van der Waals surface area contributed by atoms with E-state index in [1.165, 1.54) is 7.11 Å². The Labute approximate surface area is 44.7 Å². The van der Waals surface area contributed by atoms with Crippen LogP contribution >= 0.6 is 0 Å². The average Bonchev–Trinajstić information content (AvgIpc) is 1.65. The molecule has 0 atom stereocenters. The molecule has 0 aromatic rings. The van der Waals surface area contributed by atoms with E-state index >= 15 is 0 Å². The average molecular weight is 153 g/mol. The summed E-state index contributed by atoms with van der Waals surface area (Å²) >= 11 is 2.14. The van der Waals surface area contributed by atoms with Crippen molar-refractivity contribution < 1.29 is 9.53 Å². The molecule has 0 unspecified atom stereocenters. The summed E-state index contributed by atoms with van der Waals surface area (Å²) in [6.45, 7) is 0. The second-order valence-electron chi connectivity index (χ2n) is 0.734. The first kappa shape index (κ1) is 5.99. The van der Waals surface area contributed by atoms with Crippen LogP contribution in [0.4, 0.5) is 0 Å². The summed E-state index contributed by atoms with van der Waals surface area (Å²) in [5, 5.41) is 0.406. The Bertz CT molecular complexity index is 46.8. The Balaban J connectivity index is 2.99. The zero-order valence-corrected chi connectivity index (χ0v) is 5.35. The molecule has 6 heavy (non-hydrogen) atoms. The summed E-state index contributed by atoms with van der Waals surface area (Å²) < 4.78 is 4.24. The normalized spacial score (nSPS) is 7.67. The minimum absolute atomic E-state index is 0.185. The summed E-state index contributed by atoms with van der Waals surface area (Å²) in [6, 6.07) is 0. The first-order valence-corrected chi connectivity index (χ1v) is 2.81. The van der Waals surface area contributed by atoms with Gasteiger partial charge >= 0.3 is 43.9 Å². The molecular formula is C3H6O2Se. The van der Waals surface area contributed by atoms with Crippen LogP contribution in [0.25, 0.3) is 0 Å². The molecule has 0 spiro atoms. The molecule has 0 heterocycles. The molecule has 0 amide bonds. The number of hydrogen-bond acceptors (Lipinski definition) is 2. The van der Waals surface area contributed by atoms with Crippen LogP contribution in [0, 0.1) is 0 Å². The monoisotopic (exact) mass is 154 g/mol. The predicted octanol–water partition coefficient (Wildman–Crippen LogP) is -0.522. The van der Waals surface area contributed by atoms with Gasteiger partial charge in [-0.3, -0.25) is 0 Å². The number of esters is 1. The minimum atomic E-state index is -0.185. The van der Waals surface area contributed by atoms with E-state index in [9.17, 15) is 4.79 Å². The topological polar surface area (TPSA) is 26.3 Å². The van der Waals surface area contributed by atoms with Gasteiger partial charge in [-0.05, 0) is 0 Å². The second-order valence-corrected chi connectivity index (χ2v) is 1.40. The van der Waals surface area contributed by atoms with Crippen molar-refractivity contribution in [3.63, 3.8) is 0 Å². The van der Waals surface area contributed by atoms with Crippen LogP contribution in [-0.4, -0.2) is 29.1 Å². The van der Waals surface area contributed by atoms with E-state index in [0.29, 0.717) is 5.32 Å². The van der Waals surface area contributed by atoms with Gasteiger partial charge in [0.05, 0.1) is 0 Å².